The van der Waals surface area contributed by atoms with Crippen LogP contribution in [0.15, 0.2) is 21.5 Å². The van der Waals surface area contributed by atoms with Gasteiger partial charge in [-0.05, 0) is 43.0 Å². The minimum absolute atomic E-state index is 0.165. The molecule has 6 heteroatoms. The summed E-state index contributed by atoms with van der Waals surface area (Å²) in [6.45, 7) is 2.78. The number of hydrogen-bond acceptors (Lipinski definition) is 3. The lowest BCUT2D eigenvalue weighted by Crippen LogP contribution is -2.28. The highest BCUT2D eigenvalue weighted by molar-refractivity contribution is 9.10. The Bertz CT molecular complexity index is 551. The average Bonchev–Trinajstić information content (AvgIpc) is 2.86. The van der Waals surface area contributed by atoms with E-state index in [9.17, 15) is 13.5 Å². The van der Waals surface area contributed by atoms with Crippen molar-refractivity contribution in [1.29, 1.82) is 0 Å². The van der Waals surface area contributed by atoms with Crippen LogP contribution in [-0.4, -0.2) is 30.9 Å². The van der Waals surface area contributed by atoms with E-state index in [1.165, 1.54) is 4.31 Å². The van der Waals surface area contributed by atoms with Crippen LogP contribution in [0.4, 0.5) is 0 Å². The second-order valence-corrected chi connectivity index (χ2v) is 7.23. The van der Waals surface area contributed by atoms with Crippen LogP contribution in [0, 0.1) is 6.92 Å². The van der Waals surface area contributed by atoms with Crippen LogP contribution in [0.3, 0.4) is 0 Å². The Labute approximate surface area is 116 Å². The predicted octanol–water partition coefficient (Wildman–Crippen LogP) is 2.03. The number of nitrogens with zero attached hydrogens (tertiary/aromatic N) is 1. The molecule has 1 aromatic carbocycles. The quantitative estimate of drug-likeness (QED) is 0.920. The van der Waals surface area contributed by atoms with Gasteiger partial charge in [-0.2, -0.15) is 4.31 Å². The van der Waals surface area contributed by atoms with Gasteiger partial charge in [0.05, 0.1) is 11.5 Å². The first-order valence-corrected chi connectivity index (χ1v) is 8.10. The first-order chi connectivity index (χ1) is 8.46. The van der Waals surface area contributed by atoms with E-state index in [0.29, 0.717) is 33.6 Å². The normalized spacial score (nSPS) is 17.3. The molecule has 1 aromatic rings. The highest BCUT2D eigenvalue weighted by atomic mass is 79.9. The van der Waals surface area contributed by atoms with Gasteiger partial charge in [0.15, 0.2) is 0 Å². The molecule has 0 bridgehead atoms. The molecule has 0 saturated carbocycles. The molecule has 1 fully saturated rings. The highest BCUT2D eigenvalue weighted by Crippen LogP contribution is 2.29. The summed E-state index contributed by atoms with van der Waals surface area (Å²) < 4.78 is 27.2. The first kappa shape index (κ1) is 14.0. The van der Waals surface area contributed by atoms with E-state index in [-0.39, 0.29) is 6.61 Å². The van der Waals surface area contributed by atoms with Gasteiger partial charge in [-0.25, -0.2) is 8.42 Å². The van der Waals surface area contributed by atoms with Crippen molar-refractivity contribution in [2.45, 2.75) is 31.3 Å². The SMILES string of the molecule is Cc1c(Br)cc(CO)cc1S(=O)(=O)N1CCCC1. The van der Waals surface area contributed by atoms with Gasteiger partial charge in [-0.3, -0.25) is 0 Å². The molecule has 0 spiro atoms. The molecule has 0 amide bonds. The van der Waals surface area contributed by atoms with Gasteiger partial charge in [-0.1, -0.05) is 15.9 Å². The van der Waals surface area contributed by atoms with Gasteiger partial charge < -0.3 is 5.11 Å². The summed E-state index contributed by atoms with van der Waals surface area (Å²) in [4.78, 5) is 0.294. The van der Waals surface area contributed by atoms with Crippen LogP contribution in [0.2, 0.25) is 0 Å². The van der Waals surface area contributed by atoms with Crippen LogP contribution in [0.1, 0.15) is 24.0 Å². The molecule has 0 aromatic heterocycles. The van der Waals surface area contributed by atoms with Crippen molar-refractivity contribution in [3.63, 3.8) is 0 Å². The van der Waals surface area contributed by atoms with Crippen molar-refractivity contribution in [2.24, 2.45) is 0 Å². The van der Waals surface area contributed by atoms with Gasteiger partial charge in [-0.15, -0.1) is 0 Å². The molecule has 100 valence electrons. The van der Waals surface area contributed by atoms with E-state index < -0.39 is 10.0 Å². The first-order valence-electron chi connectivity index (χ1n) is 5.87. The number of aliphatic hydroxyl groups is 1. The zero-order chi connectivity index (χ0) is 13.3. The number of sulfonamides is 1. The summed E-state index contributed by atoms with van der Waals surface area (Å²) in [6.07, 6.45) is 1.83. The Balaban J connectivity index is 2.52. The summed E-state index contributed by atoms with van der Waals surface area (Å²) in [6, 6.07) is 3.31. The lowest BCUT2D eigenvalue weighted by Gasteiger charge is -2.18. The summed E-state index contributed by atoms with van der Waals surface area (Å²) >= 11 is 3.34. The second kappa shape index (κ2) is 5.28. The summed E-state index contributed by atoms with van der Waals surface area (Å²) in [5.41, 5.74) is 1.30. The van der Waals surface area contributed by atoms with Crippen LogP contribution in [0.5, 0.6) is 0 Å². The second-order valence-electron chi connectivity index (χ2n) is 4.47. The molecule has 1 saturated heterocycles. The predicted molar refractivity (Wildman–Crippen MR) is 72.8 cm³/mol. The molecule has 4 nitrogen and oxygen atoms in total. The maximum absolute atomic E-state index is 12.5. The van der Waals surface area contributed by atoms with Gasteiger partial charge in [0, 0.05) is 17.6 Å². The monoisotopic (exact) mass is 333 g/mol. The molecule has 1 heterocycles. The Hall–Kier alpha value is -0.430. The van der Waals surface area contributed by atoms with Gasteiger partial charge in [0.25, 0.3) is 0 Å². The van der Waals surface area contributed by atoms with Crippen molar-refractivity contribution in [3.05, 3.63) is 27.7 Å². The molecule has 0 unspecified atom stereocenters. The zero-order valence-corrected chi connectivity index (χ0v) is 12.6. The molecule has 2 rings (SSSR count). The van der Waals surface area contributed by atoms with Crippen LogP contribution in [0.25, 0.3) is 0 Å². The third kappa shape index (κ3) is 2.47. The van der Waals surface area contributed by atoms with Gasteiger partial charge >= 0.3 is 0 Å². The van der Waals surface area contributed by atoms with E-state index in [2.05, 4.69) is 15.9 Å². The summed E-state index contributed by atoms with van der Waals surface area (Å²) in [5.74, 6) is 0. The summed E-state index contributed by atoms with van der Waals surface area (Å²) in [5, 5.41) is 9.18. The lowest BCUT2D eigenvalue weighted by atomic mass is 10.2. The van der Waals surface area contributed by atoms with Crippen LogP contribution < -0.4 is 0 Å². The Kier molecular flexibility index (Phi) is 4.11. The molecule has 0 radical (unpaired) electrons. The Morgan fingerprint density at radius 3 is 2.50 bits per heavy atom. The molecule has 0 aliphatic carbocycles. The minimum atomic E-state index is -3.43. The Morgan fingerprint density at radius 2 is 1.94 bits per heavy atom. The van der Waals surface area contributed by atoms with E-state index in [1.54, 1.807) is 19.1 Å². The minimum Gasteiger partial charge on any atom is -0.392 e. The fraction of sp³-hybridized carbons (Fsp3) is 0.500. The van der Waals surface area contributed by atoms with E-state index >= 15 is 0 Å². The number of hydrogen-bond donors (Lipinski definition) is 1. The molecular formula is C12H16BrNO3S. The van der Waals surface area contributed by atoms with Crippen molar-refractivity contribution < 1.29 is 13.5 Å². The molecule has 0 atom stereocenters. The van der Waals surface area contributed by atoms with Gasteiger partial charge in [0.2, 0.25) is 10.0 Å². The van der Waals surface area contributed by atoms with E-state index in [4.69, 9.17) is 0 Å². The molecule has 1 aliphatic heterocycles. The lowest BCUT2D eigenvalue weighted by molar-refractivity contribution is 0.281. The molecular weight excluding hydrogens is 318 g/mol. The highest BCUT2D eigenvalue weighted by Gasteiger charge is 2.29. The van der Waals surface area contributed by atoms with Crippen molar-refractivity contribution in [1.82, 2.24) is 4.31 Å². The number of benzene rings is 1. The fourth-order valence-electron chi connectivity index (χ4n) is 2.13. The maximum atomic E-state index is 12.5. The molecule has 18 heavy (non-hydrogen) atoms. The maximum Gasteiger partial charge on any atom is 0.243 e. The third-order valence-corrected chi connectivity index (χ3v) is 6.07. The number of aliphatic hydroxyl groups excluding tert-OH is 1. The average molecular weight is 334 g/mol. The largest absolute Gasteiger partial charge is 0.392 e. The summed E-state index contributed by atoms with van der Waals surface area (Å²) in [7, 11) is -3.43. The molecule has 1 N–H and O–H groups in total. The zero-order valence-electron chi connectivity index (χ0n) is 10.2. The van der Waals surface area contributed by atoms with E-state index in [1.807, 2.05) is 0 Å². The number of halogens is 1. The fourth-order valence-corrected chi connectivity index (χ4v) is 4.59. The Morgan fingerprint density at radius 1 is 1.33 bits per heavy atom. The number of rotatable bonds is 3. The van der Waals surface area contributed by atoms with Crippen LogP contribution in [-0.2, 0) is 16.6 Å². The third-order valence-electron chi connectivity index (χ3n) is 3.22. The van der Waals surface area contributed by atoms with Crippen LogP contribution >= 0.6 is 15.9 Å². The van der Waals surface area contributed by atoms with Gasteiger partial charge in [0.1, 0.15) is 0 Å². The topological polar surface area (TPSA) is 57.6 Å². The van der Waals surface area contributed by atoms with Crippen molar-refractivity contribution in [3.8, 4) is 0 Å². The standard InChI is InChI=1S/C12H16BrNO3S/c1-9-11(13)6-10(8-15)7-12(9)18(16,17)14-4-2-3-5-14/h6-7,15H,2-5,8H2,1H3. The van der Waals surface area contributed by atoms with Crippen molar-refractivity contribution in [2.75, 3.05) is 13.1 Å². The van der Waals surface area contributed by atoms with Crippen molar-refractivity contribution >= 4 is 26.0 Å². The van der Waals surface area contributed by atoms with E-state index in [0.717, 1.165) is 12.8 Å². The molecule has 1 aliphatic rings. The smallest absolute Gasteiger partial charge is 0.243 e.